The van der Waals surface area contributed by atoms with Crippen LogP contribution in [-0.2, 0) is 17.9 Å². The van der Waals surface area contributed by atoms with Crippen LogP contribution >= 0.6 is 11.3 Å². The topological polar surface area (TPSA) is 64.2 Å². The van der Waals surface area contributed by atoms with E-state index in [0.717, 1.165) is 37.8 Å². The molecule has 150 valence electrons. The summed E-state index contributed by atoms with van der Waals surface area (Å²) >= 11 is 1.54. The van der Waals surface area contributed by atoms with Crippen molar-refractivity contribution in [3.8, 4) is 11.3 Å². The summed E-state index contributed by atoms with van der Waals surface area (Å²) in [5.74, 6) is -0.340. The average Bonchev–Trinajstić information content (AvgIpc) is 3.42. The number of aryl methyl sites for hydroxylation is 1. The molecular weight excluding hydrogens is 401 g/mol. The van der Waals surface area contributed by atoms with Crippen LogP contribution in [0, 0.1) is 12.7 Å². The van der Waals surface area contributed by atoms with Crippen molar-refractivity contribution < 1.29 is 9.18 Å². The number of aromatic nitrogens is 4. The molecule has 0 bridgehead atoms. The normalized spacial score (nSPS) is 11.4. The molecule has 0 atom stereocenters. The van der Waals surface area contributed by atoms with E-state index in [4.69, 9.17) is 0 Å². The molecule has 0 fully saturated rings. The first-order chi connectivity index (χ1) is 14.6. The molecule has 1 N–H and O–H groups in total. The number of hydrogen-bond acceptors (Lipinski definition) is 4. The van der Waals surface area contributed by atoms with Gasteiger partial charge >= 0.3 is 0 Å². The molecule has 0 saturated carbocycles. The fraction of sp³-hybridized carbons (Fsp3) is 0.136. The lowest BCUT2D eigenvalue weighted by atomic mass is 10.2. The van der Waals surface area contributed by atoms with Gasteiger partial charge in [-0.1, -0.05) is 23.5 Å². The van der Waals surface area contributed by atoms with Crippen LogP contribution in [0.25, 0.3) is 27.3 Å². The van der Waals surface area contributed by atoms with E-state index in [1.165, 1.54) is 23.5 Å². The minimum atomic E-state index is -0.266. The molecule has 6 nitrogen and oxygen atoms in total. The fourth-order valence-corrected chi connectivity index (χ4v) is 4.49. The zero-order valence-corrected chi connectivity index (χ0v) is 17.0. The van der Waals surface area contributed by atoms with Crippen LogP contribution in [-0.4, -0.2) is 24.8 Å². The number of amides is 1. The number of imidazole rings is 2. The maximum absolute atomic E-state index is 13.1. The molecule has 1 amide bonds. The van der Waals surface area contributed by atoms with E-state index in [0.29, 0.717) is 6.54 Å². The van der Waals surface area contributed by atoms with E-state index < -0.39 is 0 Å². The third-order valence-electron chi connectivity index (χ3n) is 5.08. The summed E-state index contributed by atoms with van der Waals surface area (Å²) in [6.45, 7) is 2.67. The van der Waals surface area contributed by atoms with E-state index >= 15 is 0 Å². The zero-order chi connectivity index (χ0) is 20.7. The molecule has 0 aliphatic rings. The molecule has 8 heteroatoms. The number of halogens is 1. The lowest BCUT2D eigenvalue weighted by molar-refractivity contribution is -0.121. The Morgan fingerprint density at radius 3 is 2.77 bits per heavy atom. The first-order valence-electron chi connectivity index (χ1n) is 9.48. The van der Waals surface area contributed by atoms with Gasteiger partial charge in [0, 0.05) is 22.3 Å². The van der Waals surface area contributed by atoms with Crippen LogP contribution in [0.1, 0.15) is 10.6 Å². The quantitative estimate of drug-likeness (QED) is 0.465. The number of thiazole rings is 1. The van der Waals surface area contributed by atoms with Gasteiger partial charge in [0.25, 0.3) is 0 Å². The van der Waals surface area contributed by atoms with Crippen LogP contribution in [0.3, 0.4) is 0 Å². The van der Waals surface area contributed by atoms with E-state index in [9.17, 15) is 9.18 Å². The molecule has 0 unspecified atom stereocenters. The molecule has 5 aromatic rings. The number of hydrogen-bond donors (Lipinski definition) is 1. The number of carbonyl (C=O) groups is 1. The van der Waals surface area contributed by atoms with Crippen molar-refractivity contribution in [3.63, 3.8) is 0 Å². The number of carbonyl (C=O) groups excluding carboxylic acids is 1. The van der Waals surface area contributed by atoms with Gasteiger partial charge in [-0.2, -0.15) is 0 Å². The fourth-order valence-electron chi connectivity index (χ4n) is 3.44. The van der Waals surface area contributed by atoms with E-state index in [-0.39, 0.29) is 18.3 Å². The monoisotopic (exact) mass is 419 g/mol. The van der Waals surface area contributed by atoms with E-state index in [2.05, 4.69) is 15.3 Å². The molecule has 0 aliphatic heterocycles. The highest BCUT2D eigenvalue weighted by molar-refractivity contribution is 7.17. The van der Waals surface area contributed by atoms with Gasteiger partial charge in [0.15, 0.2) is 4.96 Å². The van der Waals surface area contributed by atoms with E-state index in [1.54, 1.807) is 18.5 Å². The Labute approximate surface area is 175 Å². The Morgan fingerprint density at radius 2 is 1.97 bits per heavy atom. The minimum absolute atomic E-state index is 0.0735. The Hall–Kier alpha value is -3.52. The van der Waals surface area contributed by atoms with Crippen molar-refractivity contribution in [1.29, 1.82) is 0 Å². The molecule has 0 saturated heterocycles. The second-order valence-electron chi connectivity index (χ2n) is 7.03. The van der Waals surface area contributed by atoms with Crippen LogP contribution in [0.5, 0.6) is 0 Å². The first-order valence-corrected chi connectivity index (χ1v) is 10.3. The van der Waals surface area contributed by atoms with Crippen LogP contribution in [0.2, 0.25) is 0 Å². The van der Waals surface area contributed by atoms with Gasteiger partial charge in [0.05, 0.1) is 29.6 Å². The number of nitrogens with one attached hydrogen (secondary N) is 1. The summed E-state index contributed by atoms with van der Waals surface area (Å²) in [7, 11) is 0. The summed E-state index contributed by atoms with van der Waals surface area (Å²) in [5, 5.41) is 2.99. The van der Waals surface area contributed by atoms with Gasteiger partial charge in [0.1, 0.15) is 12.4 Å². The second-order valence-corrected chi connectivity index (χ2v) is 8.10. The lowest BCUT2D eigenvalue weighted by Crippen LogP contribution is -2.26. The summed E-state index contributed by atoms with van der Waals surface area (Å²) in [6.07, 6.45) is 3.63. The van der Waals surface area contributed by atoms with Crippen molar-refractivity contribution >= 4 is 33.2 Å². The lowest BCUT2D eigenvalue weighted by Gasteiger charge is -2.06. The van der Waals surface area contributed by atoms with E-state index in [1.807, 2.05) is 46.4 Å². The number of rotatable bonds is 5. The van der Waals surface area contributed by atoms with Gasteiger partial charge in [0.2, 0.25) is 5.91 Å². The zero-order valence-electron chi connectivity index (χ0n) is 16.2. The second kappa shape index (κ2) is 7.38. The first kappa shape index (κ1) is 18.5. The molecule has 0 spiro atoms. The largest absolute Gasteiger partial charge is 0.350 e. The Morgan fingerprint density at radius 1 is 1.17 bits per heavy atom. The molecule has 5 rings (SSSR count). The van der Waals surface area contributed by atoms with Crippen LogP contribution < -0.4 is 5.32 Å². The highest BCUT2D eigenvalue weighted by Crippen LogP contribution is 2.27. The Kier molecular flexibility index (Phi) is 4.55. The Balaban J connectivity index is 1.29. The Bertz CT molecular complexity index is 1370. The highest BCUT2D eigenvalue weighted by Gasteiger charge is 2.14. The number of benzene rings is 2. The van der Waals surface area contributed by atoms with Crippen LogP contribution in [0.4, 0.5) is 4.39 Å². The maximum Gasteiger partial charge on any atom is 0.240 e. The number of fused-ring (bicyclic) bond motifs is 2. The molecule has 3 heterocycles. The predicted molar refractivity (Wildman–Crippen MR) is 115 cm³/mol. The molecule has 3 aromatic heterocycles. The van der Waals surface area contributed by atoms with Crippen molar-refractivity contribution in [1.82, 2.24) is 24.3 Å². The highest BCUT2D eigenvalue weighted by atomic mass is 32.1. The van der Waals surface area contributed by atoms with Crippen molar-refractivity contribution in [2.45, 2.75) is 20.0 Å². The third-order valence-corrected chi connectivity index (χ3v) is 6.24. The summed E-state index contributed by atoms with van der Waals surface area (Å²) in [5.41, 5.74) is 4.51. The minimum Gasteiger partial charge on any atom is -0.350 e. The maximum atomic E-state index is 13.1. The molecular formula is C22H18FN5OS. The van der Waals surface area contributed by atoms with Gasteiger partial charge in [-0.3, -0.25) is 9.20 Å². The SMILES string of the molecule is Cc1c(CNC(=O)Cn2cnc3ccccc32)sc2nc(-c3ccc(F)cc3)cn12. The summed E-state index contributed by atoms with van der Waals surface area (Å²) in [4.78, 5) is 23.3. The van der Waals surface area contributed by atoms with Crippen molar-refractivity contribution in [2.75, 3.05) is 0 Å². The van der Waals surface area contributed by atoms with Crippen molar-refractivity contribution in [3.05, 3.63) is 77.4 Å². The summed E-state index contributed by atoms with van der Waals surface area (Å²) in [6, 6.07) is 14.0. The summed E-state index contributed by atoms with van der Waals surface area (Å²) < 4.78 is 17.0. The van der Waals surface area contributed by atoms with Crippen molar-refractivity contribution in [2.24, 2.45) is 0 Å². The van der Waals surface area contributed by atoms with Gasteiger partial charge < -0.3 is 9.88 Å². The molecule has 30 heavy (non-hydrogen) atoms. The molecule has 0 radical (unpaired) electrons. The number of nitrogens with zero attached hydrogens (tertiary/aromatic N) is 4. The predicted octanol–water partition coefficient (Wildman–Crippen LogP) is 4.18. The van der Waals surface area contributed by atoms with Gasteiger partial charge in [-0.05, 0) is 43.3 Å². The van der Waals surface area contributed by atoms with Gasteiger partial charge in [-0.15, -0.1) is 0 Å². The smallest absolute Gasteiger partial charge is 0.240 e. The standard InChI is InChI=1S/C22H18FN5OS/c1-14-20(10-24-21(29)12-27-13-25-17-4-2-3-5-19(17)27)30-22-26-18(11-28(14)22)15-6-8-16(23)9-7-15/h2-9,11,13H,10,12H2,1H3,(H,24,29). The number of para-hydroxylation sites is 2. The molecule has 2 aromatic carbocycles. The van der Waals surface area contributed by atoms with Gasteiger partial charge in [-0.25, -0.2) is 14.4 Å². The average molecular weight is 419 g/mol. The third kappa shape index (κ3) is 3.35. The van der Waals surface area contributed by atoms with Crippen LogP contribution in [0.15, 0.2) is 61.1 Å². The molecule has 0 aliphatic carbocycles.